The van der Waals surface area contributed by atoms with Crippen LogP contribution in [-0.4, -0.2) is 12.2 Å². The summed E-state index contributed by atoms with van der Waals surface area (Å²) in [7, 11) is 0. The molecule has 2 heteroatoms. The summed E-state index contributed by atoms with van der Waals surface area (Å²) in [5, 5.41) is 0. The molecule has 0 fully saturated rings. The molecule has 0 aliphatic rings. The monoisotopic (exact) mass is 186 g/mol. The molecule has 0 amide bonds. The van der Waals surface area contributed by atoms with E-state index in [0.29, 0.717) is 6.61 Å². The van der Waals surface area contributed by atoms with Gasteiger partial charge in [0.2, 0.25) is 0 Å². The first-order chi connectivity index (χ1) is 6.12. The van der Waals surface area contributed by atoms with Crippen LogP contribution in [0.2, 0.25) is 0 Å². The van der Waals surface area contributed by atoms with Crippen molar-refractivity contribution < 1.29 is 9.78 Å². The lowest BCUT2D eigenvalue weighted by Crippen LogP contribution is -2.23. The molecule has 0 saturated heterocycles. The van der Waals surface area contributed by atoms with Crippen molar-refractivity contribution in [3.63, 3.8) is 0 Å². The normalized spacial score (nSPS) is 11.6. The summed E-state index contributed by atoms with van der Waals surface area (Å²) >= 11 is 0. The first-order valence-corrected chi connectivity index (χ1v) is 5.04. The minimum atomic E-state index is -0.154. The van der Waals surface area contributed by atoms with Crippen LogP contribution < -0.4 is 0 Å². The van der Waals surface area contributed by atoms with Gasteiger partial charge in [0.15, 0.2) is 0 Å². The Balaban J connectivity index is 3.20. The maximum absolute atomic E-state index is 5.23. The van der Waals surface area contributed by atoms with Gasteiger partial charge in [0.1, 0.15) is 0 Å². The molecule has 0 radical (unpaired) electrons. The van der Waals surface area contributed by atoms with Crippen LogP contribution in [0.25, 0.3) is 0 Å². The maximum Gasteiger partial charge on any atom is 0.0977 e. The van der Waals surface area contributed by atoms with Crippen LogP contribution in [0.15, 0.2) is 12.7 Å². The third-order valence-electron chi connectivity index (χ3n) is 2.02. The van der Waals surface area contributed by atoms with Crippen molar-refractivity contribution in [3.8, 4) is 0 Å². The molecule has 13 heavy (non-hydrogen) atoms. The molecule has 0 aromatic carbocycles. The highest BCUT2D eigenvalue weighted by atomic mass is 17.2. The Kier molecular flexibility index (Phi) is 6.92. The summed E-state index contributed by atoms with van der Waals surface area (Å²) in [6, 6.07) is 0. The minimum absolute atomic E-state index is 0.154. The lowest BCUT2D eigenvalue weighted by molar-refractivity contribution is -0.353. The molecule has 0 spiro atoms. The van der Waals surface area contributed by atoms with Gasteiger partial charge in [-0.25, -0.2) is 9.78 Å². The summed E-state index contributed by atoms with van der Waals surface area (Å²) in [5.74, 6) is 0. The van der Waals surface area contributed by atoms with Crippen molar-refractivity contribution in [2.75, 3.05) is 6.61 Å². The fourth-order valence-corrected chi connectivity index (χ4v) is 0.710. The van der Waals surface area contributed by atoms with E-state index < -0.39 is 0 Å². The second-order valence-electron chi connectivity index (χ2n) is 3.80. The highest BCUT2D eigenvalue weighted by Crippen LogP contribution is 2.13. The van der Waals surface area contributed by atoms with Crippen molar-refractivity contribution in [3.05, 3.63) is 12.7 Å². The highest BCUT2D eigenvalue weighted by Gasteiger charge is 2.16. The van der Waals surface area contributed by atoms with Crippen molar-refractivity contribution in [2.24, 2.45) is 0 Å². The molecule has 0 aliphatic heterocycles. The Hall–Kier alpha value is -0.340. The van der Waals surface area contributed by atoms with Gasteiger partial charge in [0, 0.05) is 0 Å². The molecule has 0 N–H and O–H groups in total. The summed E-state index contributed by atoms with van der Waals surface area (Å²) in [6.45, 7) is 10.5. The zero-order chi connectivity index (χ0) is 10.2. The quantitative estimate of drug-likeness (QED) is 0.250. The van der Waals surface area contributed by atoms with Gasteiger partial charge < -0.3 is 0 Å². The molecule has 0 unspecified atom stereocenters. The second-order valence-corrected chi connectivity index (χ2v) is 3.80. The van der Waals surface area contributed by atoms with Gasteiger partial charge in [0.25, 0.3) is 0 Å². The van der Waals surface area contributed by atoms with Gasteiger partial charge in [0.05, 0.1) is 12.2 Å². The van der Waals surface area contributed by atoms with E-state index in [-0.39, 0.29) is 5.60 Å². The van der Waals surface area contributed by atoms with Crippen molar-refractivity contribution in [1.29, 1.82) is 0 Å². The fraction of sp³-hybridized carbons (Fsp3) is 0.818. The van der Waals surface area contributed by atoms with Crippen LogP contribution in [0.1, 0.15) is 46.5 Å². The van der Waals surface area contributed by atoms with Crippen molar-refractivity contribution in [2.45, 2.75) is 52.1 Å². The molecule has 0 heterocycles. The Morgan fingerprint density at radius 1 is 1.31 bits per heavy atom. The van der Waals surface area contributed by atoms with Gasteiger partial charge in [-0.1, -0.05) is 13.0 Å². The predicted octanol–water partition coefficient (Wildman–Crippen LogP) is 3.48. The van der Waals surface area contributed by atoms with E-state index in [2.05, 4.69) is 13.5 Å². The maximum atomic E-state index is 5.23. The van der Waals surface area contributed by atoms with Crippen molar-refractivity contribution in [1.82, 2.24) is 0 Å². The third-order valence-corrected chi connectivity index (χ3v) is 2.02. The van der Waals surface area contributed by atoms with Crippen LogP contribution >= 0.6 is 0 Å². The van der Waals surface area contributed by atoms with Crippen LogP contribution in [0.5, 0.6) is 0 Å². The van der Waals surface area contributed by atoms with Gasteiger partial charge in [-0.2, -0.15) is 0 Å². The van der Waals surface area contributed by atoms with Gasteiger partial charge >= 0.3 is 0 Å². The van der Waals surface area contributed by atoms with Gasteiger partial charge in [-0.3, -0.25) is 0 Å². The van der Waals surface area contributed by atoms with Crippen LogP contribution in [0, 0.1) is 0 Å². The van der Waals surface area contributed by atoms with Gasteiger partial charge in [-0.05, 0) is 39.5 Å². The number of hydrogen-bond acceptors (Lipinski definition) is 2. The van der Waals surface area contributed by atoms with Gasteiger partial charge in [-0.15, -0.1) is 6.58 Å². The van der Waals surface area contributed by atoms with Crippen molar-refractivity contribution >= 4 is 0 Å². The molecule has 2 nitrogen and oxygen atoms in total. The largest absolute Gasteiger partial charge is 0.236 e. The van der Waals surface area contributed by atoms with E-state index in [9.17, 15) is 0 Å². The van der Waals surface area contributed by atoms with E-state index in [1.165, 1.54) is 0 Å². The average Bonchev–Trinajstić information content (AvgIpc) is 2.11. The molecule has 0 rings (SSSR count). The minimum Gasteiger partial charge on any atom is -0.236 e. The van der Waals surface area contributed by atoms with Crippen LogP contribution in [0.3, 0.4) is 0 Å². The zero-order valence-corrected chi connectivity index (χ0v) is 9.14. The molecule has 0 aromatic heterocycles. The summed E-state index contributed by atoms with van der Waals surface area (Å²) in [6.07, 6.45) is 6.10. The third kappa shape index (κ3) is 8.00. The summed E-state index contributed by atoms with van der Waals surface area (Å²) in [4.78, 5) is 10.3. The summed E-state index contributed by atoms with van der Waals surface area (Å²) in [5.41, 5.74) is -0.154. The molecule has 0 aliphatic carbocycles. The number of allylic oxidation sites excluding steroid dienone is 1. The zero-order valence-electron chi connectivity index (χ0n) is 9.14. The number of hydrogen-bond donors (Lipinski definition) is 0. The first-order valence-electron chi connectivity index (χ1n) is 5.04. The number of unbranched alkanes of at least 4 members (excludes halogenated alkanes) is 2. The summed E-state index contributed by atoms with van der Waals surface area (Å²) < 4.78 is 0. The predicted molar refractivity (Wildman–Crippen MR) is 55.5 cm³/mol. The smallest absolute Gasteiger partial charge is 0.0977 e. The second kappa shape index (κ2) is 7.10. The molecule has 78 valence electrons. The average molecular weight is 186 g/mol. The molecular formula is C11H22O2. The highest BCUT2D eigenvalue weighted by molar-refractivity contribution is 4.65. The number of rotatable bonds is 8. The topological polar surface area (TPSA) is 18.5 Å². The Morgan fingerprint density at radius 3 is 2.54 bits per heavy atom. The standard InChI is InChI=1S/C11H22O2/c1-5-7-8-9-10-12-13-11(3,4)6-2/h5H,1,6-10H2,2-4H3. The Bertz CT molecular complexity index is 130. The van der Waals surface area contributed by atoms with E-state index in [1.807, 2.05) is 19.9 Å². The molecular weight excluding hydrogens is 164 g/mol. The molecule has 0 aromatic rings. The Labute approximate surface area is 81.9 Å². The molecule has 0 saturated carbocycles. The van der Waals surface area contributed by atoms with E-state index in [0.717, 1.165) is 25.7 Å². The van der Waals surface area contributed by atoms with Crippen LogP contribution in [0.4, 0.5) is 0 Å². The Morgan fingerprint density at radius 2 is 2.00 bits per heavy atom. The van der Waals surface area contributed by atoms with Crippen LogP contribution in [-0.2, 0) is 9.78 Å². The fourth-order valence-electron chi connectivity index (χ4n) is 0.710. The van der Waals surface area contributed by atoms with E-state index >= 15 is 0 Å². The molecule has 0 atom stereocenters. The molecule has 0 bridgehead atoms. The lowest BCUT2D eigenvalue weighted by Gasteiger charge is -2.21. The van der Waals surface area contributed by atoms with E-state index in [1.54, 1.807) is 0 Å². The first kappa shape index (κ1) is 12.7. The lowest BCUT2D eigenvalue weighted by atomic mass is 10.1. The SMILES string of the molecule is C=CCCCCOOC(C)(C)CC. The van der Waals surface area contributed by atoms with E-state index in [4.69, 9.17) is 9.78 Å².